The van der Waals surface area contributed by atoms with Crippen molar-refractivity contribution in [1.82, 2.24) is 8.87 Å². The first-order valence-electron chi connectivity index (χ1n) is 8.52. The van der Waals surface area contributed by atoms with Crippen molar-refractivity contribution in [3.8, 4) is 0 Å². The van der Waals surface area contributed by atoms with Gasteiger partial charge in [-0.15, -0.1) is 11.3 Å². The molecule has 0 aliphatic carbocycles. The number of sulfonamides is 1. The van der Waals surface area contributed by atoms with Crippen LogP contribution in [0.4, 0.5) is 4.39 Å². The van der Waals surface area contributed by atoms with E-state index in [9.17, 15) is 12.8 Å². The first-order chi connectivity index (χ1) is 12.5. The average molecular weight is 391 g/mol. The normalized spacial score (nSPS) is 18.0. The van der Waals surface area contributed by atoms with Crippen LogP contribution in [-0.2, 0) is 23.0 Å². The van der Waals surface area contributed by atoms with E-state index >= 15 is 0 Å². The molecule has 4 nitrogen and oxygen atoms in total. The lowest BCUT2D eigenvalue weighted by Gasteiger charge is -2.36. The Morgan fingerprint density at radius 3 is 2.65 bits per heavy atom. The largest absolute Gasteiger partial charge is 0.348 e. The van der Waals surface area contributed by atoms with Crippen LogP contribution < -0.4 is 0 Å². The summed E-state index contributed by atoms with van der Waals surface area (Å²) in [5, 5.41) is 0. The van der Waals surface area contributed by atoms with Gasteiger partial charge in [0.15, 0.2) is 0 Å². The van der Waals surface area contributed by atoms with Gasteiger partial charge in [0.25, 0.3) is 10.0 Å². The number of hydrogen-bond donors (Lipinski definition) is 0. The summed E-state index contributed by atoms with van der Waals surface area (Å²) in [7, 11) is -3.71. The Morgan fingerprint density at radius 1 is 1.12 bits per heavy atom. The fourth-order valence-electron chi connectivity index (χ4n) is 3.43. The van der Waals surface area contributed by atoms with Crippen LogP contribution in [0.5, 0.6) is 0 Å². The van der Waals surface area contributed by atoms with Gasteiger partial charge in [-0.2, -0.15) is 4.31 Å². The first kappa shape index (κ1) is 17.5. The molecule has 0 spiro atoms. The molecule has 0 unspecified atom stereocenters. The summed E-state index contributed by atoms with van der Waals surface area (Å²) >= 11 is 1.29. The van der Waals surface area contributed by atoms with E-state index in [1.54, 1.807) is 24.3 Å². The second-order valence-corrected chi connectivity index (χ2v) is 9.53. The van der Waals surface area contributed by atoms with Crippen LogP contribution in [0.3, 0.4) is 0 Å². The van der Waals surface area contributed by atoms with E-state index < -0.39 is 21.9 Å². The molecule has 0 amide bonds. The topological polar surface area (TPSA) is 42.3 Å². The van der Waals surface area contributed by atoms with Gasteiger partial charge in [0, 0.05) is 35.4 Å². The van der Waals surface area contributed by atoms with Gasteiger partial charge in [-0.1, -0.05) is 25.1 Å². The average Bonchev–Trinajstić information content (AvgIpc) is 3.30. The van der Waals surface area contributed by atoms with Crippen molar-refractivity contribution in [3.63, 3.8) is 0 Å². The molecule has 3 heterocycles. The van der Waals surface area contributed by atoms with Crippen LogP contribution in [0.25, 0.3) is 0 Å². The second kappa shape index (κ2) is 6.64. The summed E-state index contributed by atoms with van der Waals surface area (Å²) in [5.74, 6) is -0.396. The van der Waals surface area contributed by atoms with Gasteiger partial charge in [-0.05, 0) is 36.8 Å². The van der Waals surface area contributed by atoms with Crippen molar-refractivity contribution < 1.29 is 12.8 Å². The molecule has 0 fully saturated rings. The predicted octanol–water partition coefficient (Wildman–Crippen LogP) is 4.05. The lowest BCUT2D eigenvalue weighted by molar-refractivity contribution is 0.293. The van der Waals surface area contributed by atoms with E-state index in [1.807, 2.05) is 35.9 Å². The summed E-state index contributed by atoms with van der Waals surface area (Å²) in [4.78, 5) is 1.02. The first-order valence-corrected chi connectivity index (χ1v) is 10.8. The quantitative estimate of drug-likeness (QED) is 0.675. The van der Waals surface area contributed by atoms with E-state index in [1.165, 1.54) is 21.7 Å². The smallest absolute Gasteiger partial charge is 0.253 e. The molecule has 0 N–H and O–H groups in total. The third kappa shape index (κ3) is 2.80. The van der Waals surface area contributed by atoms with Gasteiger partial charge >= 0.3 is 0 Å². The minimum absolute atomic E-state index is 0.308. The maximum atomic E-state index is 14.6. The minimum Gasteiger partial charge on any atom is -0.348 e. The van der Waals surface area contributed by atoms with Gasteiger partial charge in [0.1, 0.15) is 10.0 Å². The van der Waals surface area contributed by atoms with Gasteiger partial charge < -0.3 is 4.57 Å². The third-order valence-electron chi connectivity index (χ3n) is 4.74. The molecule has 0 saturated carbocycles. The van der Waals surface area contributed by atoms with Crippen LogP contribution in [-0.4, -0.2) is 23.8 Å². The molecular weight excluding hydrogens is 371 g/mol. The highest BCUT2D eigenvalue weighted by Crippen LogP contribution is 2.38. The van der Waals surface area contributed by atoms with E-state index in [4.69, 9.17) is 0 Å². The number of aromatic nitrogens is 1. The van der Waals surface area contributed by atoms with Crippen molar-refractivity contribution in [2.75, 3.05) is 6.54 Å². The van der Waals surface area contributed by atoms with E-state index in [0.717, 1.165) is 17.0 Å². The summed E-state index contributed by atoms with van der Waals surface area (Å²) < 4.78 is 45.0. The van der Waals surface area contributed by atoms with Crippen LogP contribution in [0.2, 0.25) is 0 Å². The highest BCUT2D eigenvalue weighted by molar-refractivity contribution is 7.91. The van der Waals surface area contributed by atoms with Gasteiger partial charge in [0.05, 0.1) is 6.04 Å². The van der Waals surface area contributed by atoms with Crippen LogP contribution in [0, 0.1) is 5.82 Å². The lowest BCUT2D eigenvalue weighted by Crippen LogP contribution is -2.42. The van der Waals surface area contributed by atoms with E-state index in [-0.39, 0.29) is 0 Å². The molecule has 136 valence electrons. The molecule has 1 aromatic carbocycles. The Kier molecular flexibility index (Phi) is 4.46. The maximum absolute atomic E-state index is 14.6. The third-order valence-corrected chi connectivity index (χ3v) is 8.30. The van der Waals surface area contributed by atoms with Crippen molar-refractivity contribution >= 4 is 21.4 Å². The maximum Gasteiger partial charge on any atom is 0.253 e. The summed E-state index contributed by atoms with van der Waals surface area (Å²) in [6.45, 7) is 2.86. The molecule has 2 aromatic heterocycles. The SMILES string of the molecule is CCc1ccc(S(=O)(=O)N2CCn3cccc3[C@@H]2c2ccccc2F)s1. The number of benzene rings is 1. The summed E-state index contributed by atoms with van der Waals surface area (Å²) in [5.41, 5.74) is 1.17. The highest BCUT2D eigenvalue weighted by Gasteiger charge is 2.39. The molecule has 3 aromatic rings. The molecule has 7 heteroatoms. The standard InChI is InChI=1S/C19H19FN2O2S2/c1-2-14-9-10-18(25-14)26(23,24)22-13-12-21-11-5-8-17(21)19(22)15-6-3-4-7-16(15)20/h3-11,19H,2,12-13H2,1H3/t19-/m0/s1. The number of thiophene rings is 1. The molecule has 1 atom stereocenters. The number of fused-ring (bicyclic) bond motifs is 1. The lowest BCUT2D eigenvalue weighted by atomic mass is 10.0. The molecule has 0 radical (unpaired) electrons. The Balaban J connectivity index is 1.85. The summed E-state index contributed by atoms with van der Waals surface area (Å²) in [6, 6.07) is 13.0. The molecular formula is C19H19FN2O2S2. The van der Waals surface area contributed by atoms with Crippen molar-refractivity contribution in [3.05, 3.63) is 76.7 Å². The van der Waals surface area contributed by atoms with Crippen LogP contribution in [0.1, 0.15) is 29.1 Å². The fourth-order valence-corrected chi connectivity index (χ4v) is 6.43. The van der Waals surface area contributed by atoms with E-state index in [0.29, 0.717) is 22.9 Å². The van der Waals surface area contributed by atoms with Gasteiger partial charge in [-0.25, -0.2) is 12.8 Å². The zero-order valence-corrected chi connectivity index (χ0v) is 15.9. The monoisotopic (exact) mass is 390 g/mol. The van der Waals surface area contributed by atoms with Gasteiger partial charge in [0.2, 0.25) is 0 Å². The second-order valence-electron chi connectivity index (χ2n) is 6.24. The Morgan fingerprint density at radius 2 is 1.92 bits per heavy atom. The van der Waals surface area contributed by atoms with Gasteiger partial charge in [-0.3, -0.25) is 0 Å². The zero-order chi connectivity index (χ0) is 18.3. The number of rotatable bonds is 4. The highest BCUT2D eigenvalue weighted by atomic mass is 32.2. The van der Waals surface area contributed by atoms with Crippen molar-refractivity contribution in [2.45, 2.75) is 30.1 Å². The number of nitrogens with zero attached hydrogens (tertiary/aromatic N) is 2. The molecule has 0 saturated heterocycles. The molecule has 4 rings (SSSR count). The molecule has 1 aliphatic rings. The predicted molar refractivity (Wildman–Crippen MR) is 100 cm³/mol. The van der Waals surface area contributed by atoms with Crippen LogP contribution in [0.15, 0.2) is 58.9 Å². The number of halogens is 1. The summed E-state index contributed by atoms with van der Waals surface area (Å²) in [6.07, 6.45) is 2.70. The van der Waals surface area contributed by atoms with E-state index in [2.05, 4.69) is 0 Å². The fraction of sp³-hybridized carbons (Fsp3) is 0.263. The number of hydrogen-bond acceptors (Lipinski definition) is 3. The molecule has 26 heavy (non-hydrogen) atoms. The van der Waals surface area contributed by atoms with Crippen molar-refractivity contribution in [2.24, 2.45) is 0 Å². The Labute approximate surface area is 156 Å². The molecule has 0 bridgehead atoms. The molecule has 1 aliphatic heterocycles. The van der Waals surface area contributed by atoms with Crippen molar-refractivity contribution in [1.29, 1.82) is 0 Å². The zero-order valence-electron chi connectivity index (χ0n) is 14.3. The Bertz CT molecular complexity index is 1040. The van der Waals surface area contributed by atoms with Crippen LogP contribution >= 0.6 is 11.3 Å². The minimum atomic E-state index is -3.71. The Hall–Kier alpha value is -1.96. The number of aryl methyl sites for hydroxylation is 1.